The van der Waals surface area contributed by atoms with Gasteiger partial charge in [0, 0.05) is 0 Å². The Morgan fingerprint density at radius 1 is 1.19 bits per heavy atom. The molecule has 1 saturated carbocycles. The molecule has 21 heavy (non-hydrogen) atoms. The summed E-state index contributed by atoms with van der Waals surface area (Å²) in [5, 5.41) is 9.43. The van der Waals surface area contributed by atoms with Crippen molar-refractivity contribution in [2.24, 2.45) is 0 Å². The zero-order valence-electron chi connectivity index (χ0n) is 12.0. The molecule has 2 aromatic rings. The van der Waals surface area contributed by atoms with Crippen LogP contribution in [0.25, 0.3) is 11.1 Å². The predicted octanol–water partition coefficient (Wildman–Crippen LogP) is 4.33. The molecular weight excluding hydrogens is 264 g/mol. The van der Waals surface area contributed by atoms with Crippen LogP contribution >= 0.6 is 0 Å². The summed E-state index contributed by atoms with van der Waals surface area (Å²) in [5.74, 6) is 0.265. The third kappa shape index (κ3) is 2.64. The first kappa shape index (κ1) is 13.7. The van der Waals surface area contributed by atoms with E-state index in [4.69, 9.17) is 4.74 Å². The van der Waals surface area contributed by atoms with Gasteiger partial charge in [-0.05, 0) is 53.6 Å². The zero-order valence-corrected chi connectivity index (χ0v) is 12.0. The van der Waals surface area contributed by atoms with Crippen molar-refractivity contribution >= 4 is 5.97 Å². The van der Waals surface area contributed by atoms with E-state index < -0.39 is 5.97 Å². The summed E-state index contributed by atoms with van der Waals surface area (Å²) < 4.78 is 5.12. The summed E-state index contributed by atoms with van der Waals surface area (Å²) in [7, 11) is 1.54. The van der Waals surface area contributed by atoms with Gasteiger partial charge in [-0.1, -0.05) is 30.7 Å². The largest absolute Gasteiger partial charge is 0.497 e. The summed E-state index contributed by atoms with van der Waals surface area (Å²) in [6.07, 6.45) is 3.76. The number of carbonyl (C=O) groups is 1. The molecule has 0 amide bonds. The van der Waals surface area contributed by atoms with E-state index in [2.05, 4.69) is 12.1 Å². The second-order valence-corrected chi connectivity index (χ2v) is 5.47. The summed E-state index contributed by atoms with van der Waals surface area (Å²) in [4.78, 5) is 11.5. The molecule has 0 atom stereocenters. The van der Waals surface area contributed by atoms with Gasteiger partial charge in [0.25, 0.3) is 0 Å². The quantitative estimate of drug-likeness (QED) is 0.908. The number of carboxylic acids is 1. The van der Waals surface area contributed by atoms with E-state index in [0.717, 1.165) is 11.1 Å². The van der Waals surface area contributed by atoms with Crippen molar-refractivity contribution < 1.29 is 14.6 Å². The van der Waals surface area contributed by atoms with Crippen molar-refractivity contribution in [1.29, 1.82) is 0 Å². The molecule has 0 spiro atoms. The minimum atomic E-state index is -0.932. The number of hydrogen-bond donors (Lipinski definition) is 1. The van der Waals surface area contributed by atoms with Crippen LogP contribution < -0.4 is 4.74 Å². The standard InChI is InChI=1S/C18H18O3/c1-21-15-8-9-16(17(11-15)18(19)20)14-7-3-6-13(10-14)12-4-2-5-12/h3,6-12H,2,4-5H2,1H3,(H,19,20). The molecule has 2 aromatic carbocycles. The minimum Gasteiger partial charge on any atom is -0.497 e. The van der Waals surface area contributed by atoms with Gasteiger partial charge in [-0.2, -0.15) is 0 Å². The topological polar surface area (TPSA) is 46.5 Å². The van der Waals surface area contributed by atoms with E-state index in [1.807, 2.05) is 18.2 Å². The molecule has 0 radical (unpaired) electrons. The molecule has 3 heteroatoms. The molecule has 1 aliphatic carbocycles. The first-order chi connectivity index (χ1) is 10.2. The van der Waals surface area contributed by atoms with Gasteiger partial charge in [-0.3, -0.25) is 0 Å². The normalized spacial score (nSPS) is 14.5. The van der Waals surface area contributed by atoms with Gasteiger partial charge in [-0.15, -0.1) is 0 Å². The summed E-state index contributed by atoms with van der Waals surface area (Å²) in [5.41, 5.74) is 3.29. The van der Waals surface area contributed by atoms with Crippen LogP contribution in [-0.4, -0.2) is 18.2 Å². The van der Waals surface area contributed by atoms with Crippen LogP contribution in [0.15, 0.2) is 42.5 Å². The number of ether oxygens (including phenoxy) is 1. The second kappa shape index (κ2) is 5.60. The van der Waals surface area contributed by atoms with E-state index in [-0.39, 0.29) is 5.56 Å². The highest BCUT2D eigenvalue weighted by Crippen LogP contribution is 2.38. The predicted molar refractivity (Wildman–Crippen MR) is 82.0 cm³/mol. The molecule has 0 saturated heterocycles. The van der Waals surface area contributed by atoms with Crippen molar-refractivity contribution in [3.63, 3.8) is 0 Å². The monoisotopic (exact) mass is 282 g/mol. The van der Waals surface area contributed by atoms with Crippen LogP contribution in [0.4, 0.5) is 0 Å². The molecule has 0 unspecified atom stereocenters. The number of carboxylic acid groups (broad SMARTS) is 1. The van der Waals surface area contributed by atoms with Gasteiger partial charge in [-0.25, -0.2) is 4.79 Å². The molecule has 3 rings (SSSR count). The molecular formula is C18H18O3. The Morgan fingerprint density at radius 2 is 2.00 bits per heavy atom. The fourth-order valence-corrected chi connectivity index (χ4v) is 2.78. The highest BCUT2D eigenvalue weighted by Gasteiger charge is 2.20. The summed E-state index contributed by atoms with van der Waals surface area (Å²) >= 11 is 0. The highest BCUT2D eigenvalue weighted by atomic mass is 16.5. The van der Waals surface area contributed by atoms with Crippen LogP contribution in [0.1, 0.15) is 41.1 Å². The molecule has 0 aliphatic heterocycles. The van der Waals surface area contributed by atoms with Gasteiger partial charge in [0.1, 0.15) is 5.75 Å². The second-order valence-electron chi connectivity index (χ2n) is 5.47. The Morgan fingerprint density at radius 3 is 2.62 bits per heavy atom. The average Bonchev–Trinajstić information content (AvgIpc) is 2.45. The Hall–Kier alpha value is -2.29. The zero-order chi connectivity index (χ0) is 14.8. The van der Waals surface area contributed by atoms with Crippen LogP contribution in [0.3, 0.4) is 0 Å². The number of benzene rings is 2. The van der Waals surface area contributed by atoms with E-state index in [9.17, 15) is 9.90 Å². The lowest BCUT2D eigenvalue weighted by Gasteiger charge is -2.26. The van der Waals surface area contributed by atoms with E-state index in [1.54, 1.807) is 12.1 Å². The Labute approximate surface area is 124 Å². The lowest BCUT2D eigenvalue weighted by atomic mass is 9.79. The molecule has 3 nitrogen and oxygen atoms in total. The van der Waals surface area contributed by atoms with Crippen molar-refractivity contribution in [2.75, 3.05) is 7.11 Å². The Balaban J connectivity index is 2.05. The molecule has 1 fully saturated rings. The van der Waals surface area contributed by atoms with Gasteiger partial charge >= 0.3 is 5.97 Å². The maximum atomic E-state index is 11.5. The van der Waals surface area contributed by atoms with Crippen LogP contribution in [0.2, 0.25) is 0 Å². The van der Waals surface area contributed by atoms with Crippen LogP contribution in [-0.2, 0) is 0 Å². The van der Waals surface area contributed by atoms with E-state index in [1.165, 1.54) is 31.9 Å². The average molecular weight is 282 g/mol. The highest BCUT2D eigenvalue weighted by molar-refractivity contribution is 5.96. The number of rotatable bonds is 4. The van der Waals surface area contributed by atoms with Crippen molar-refractivity contribution in [3.8, 4) is 16.9 Å². The third-order valence-electron chi connectivity index (χ3n) is 4.23. The molecule has 1 N–H and O–H groups in total. The van der Waals surface area contributed by atoms with E-state index >= 15 is 0 Å². The fraction of sp³-hybridized carbons (Fsp3) is 0.278. The summed E-state index contributed by atoms with van der Waals surface area (Å²) in [6.45, 7) is 0. The van der Waals surface area contributed by atoms with Crippen molar-refractivity contribution in [2.45, 2.75) is 25.2 Å². The minimum absolute atomic E-state index is 0.278. The third-order valence-corrected chi connectivity index (χ3v) is 4.23. The number of methoxy groups -OCH3 is 1. The maximum absolute atomic E-state index is 11.5. The molecule has 108 valence electrons. The van der Waals surface area contributed by atoms with Gasteiger partial charge < -0.3 is 9.84 Å². The van der Waals surface area contributed by atoms with Crippen molar-refractivity contribution in [1.82, 2.24) is 0 Å². The smallest absolute Gasteiger partial charge is 0.336 e. The fourth-order valence-electron chi connectivity index (χ4n) is 2.78. The van der Waals surface area contributed by atoms with Crippen molar-refractivity contribution in [3.05, 3.63) is 53.6 Å². The lowest BCUT2D eigenvalue weighted by molar-refractivity contribution is 0.0697. The summed E-state index contributed by atoms with van der Waals surface area (Å²) in [6, 6.07) is 13.4. The van der Waals surface area contributed by atoms with E-state index in [0.29, 0.717) is 11.7 Å². The molecule has 1 aliphatic rings. The first-order valence-corrected chi connectivity index (χ1v) is 7.20. The van der Waals surface area contributed by atoms with Gasteiger partial charge in [0.15, 0.2) is 0 Å². The first-order valence-electron chi connectivity index (χ1n) is 7.20. The van der Waals surface area contributed by atoms with Crippen LogP contribution in [0, 0.1) is 0 Å². The molecule has 0 heterocycles. The van der Waals surface area contributed by atoms with Gasteiger partial charge in [0.05, 0.1) is 12.7 Å². The molecule has 0 aromatic heterocycles. The van der Waals surface area contributed by atoms with Gasteiger partial charge in [0.2, 0.25) is 0 Å². The van der Waals surface area contributed by atoms with Crippen LogP contribution in [0.5, 0.6) is 5.75 Å². The SMILES string of the molecule is COc1ccc(-c2cccc(C3CCC3)c2)c(C(=O)O)c1. The molecule has 0 bridgehead atoms. The number of hydrogen-bond acceptors (Lipinski definition) is 2. The Kier molecular flexibility index (Phi) is 3.65. The number of aromatic carboxylic acids is 1. The maximum Gasteiger partial charge on any atom is 0.336 e. The Bertz CT molecular complexity index is 672. The lowest BCUT2D eigenvalue weighted by Crippen LogP contribution is -2.08.